The number of hydrogen-bond acceptors (Lipinski definition) is 3. The van der Waals surface area contributed by atoms with Gasteiger partial charge >= 0.3 is 0 Å². The monoisotopic (exact) mass is 287 g/mol. The van der Waals surface area contributed by atoms with E-state index in [0.29, 0.717) is 18.7 Å². The van der Waals surface area contributed by atoms with Gasteiger partial charge in [0.05, 0.1) is 0 Å². The first-order valence-corrected chi connectivity index (χ1v) is 7.79. The predicted octanol–water partition coefficient (Wildman–Crippen LogP) is 2.67. The summed E-state index contributed by atoms with van der Waals surface area (Å²) >= 11 is 0. The van der Waals surface area contributed by atoms with E-state index < -0.39 is 0 Å². The average molecular weight is 287 g/mol. The molecule has 0 unspecified atom stereocenters. The second-order valence-corrected chi connectivity index (χ2v) is 5.70. The van der Waals surface area contributed by atoms with Gasteiger partial charge in [0.1, 0.15) is 19.0 Å². The first-order chi connectivity index (χ1) is 10.2. The van der Waals surface area contributed by atoms with Gasteiger partial charge in [-0.05, 0) is 44.9 Å². The smallest absolute Gasteiger partial charge is 0.120 e. The van der Waals surface area contributed by atoms with E-state index in [0.717, 1.165) is 17.9 Å². The standard InChI is InChI=1S/C18H25NO2/c1-15-6-3-7-16(2)19(15)11-13-21-18-10-4-8-17(14-18)9-5-12-20/h4,8,10,14-16,20H,3,6-7,11-13H2,1-2H3/t15-,16+. The fraction of sp³-hybridized carbons (Fsp3) is 0.556. The zero-order valence-corrected chi connectivity index (χ0v) is 13.0. The molecule has 0 amide bonds. The summed E-state index contributed by atoms with van der Waals surface area (Å²) in [4.78, 5) is 2.54. The molecule has 1 aromatic rings. The Hall–Kier alpha value is -1.50. The minimum atomic E-state index is -0.115. The van der Waals surface area contributed by atoms with Gasteiger partial charge in [-0.15, -0.1) is 0 Å². The minimum absolute atomic E-state index is 0.115. The third-order valence-corrected chi connectivity index (χ3v) is 4.14. The molecule has 114 valence electrons. The molecule has 1 N–H and O–H groups in total. The summed E-state index contributed by atoms with van der Waals surface area (Å²) in [7, 11) is 0. The van der Waals surface area contributed by atoms with Crippen LogP contribution in [-0.2, 0) is 0 Å². The lowest BCUT2D eigenvalue weighted by Gasteiger charge is -2.38. The summed E-state index contributed by atoms with van der Waals surface area (Å²) in [6.45, 7) is 6.16. The number of likely N-dealkylation sites (tertiary alicyclic amines) is 1. The lowest BCUT2D eigenvalue weighted by molar-refractivity contribution is 0.0851. The number of piperidine rings is 1. The van der Waals surface area contributed by atoms with Crippen molar-refractivity contribution in [2.75, 3.05) is 19.8 Å². The van der Waals surface area contributed by atoms with E-state index >= 15 is 0 Å². The Morgan fingerprint density at radius 2 is 2.05 bits per heavy atom. The van der Waals surface area contributed by atoms with Crippen LogP contribution >= 0.6 is 0 Å². The summed E-state index contributed by atoms with van der Waals surface area (Å²) in [5.74, 6) is 6.40. The van der Waals surface area contributed by atoms with Crippen molar-refractivity contribution in [1.29, 1.82) is 0 Å². The number of ether oxygens (including phenoxy) is 1. The Balaban J connectivity index is 1.85. The topological polar surface area (TPSA) is 32.7 Å². The first kappa shape index (κ1) is 15.9. The Morgan fingerprint density at radius 1 is 1.29 bits per heavy atom. The summed E-state index contributed by atoms with van der Waals surface area (Å²) in [5.41, 5.74) is 0.876. The Bertz CT molecular complexity index is 493. The molecule has 2 rings (SSSR count). The van der Waals surface area contributed by atoms with Crippen LogP contribution in [0, 0.1) is 11.8 Å². The molecule has 0 aliphatic carbocycles. The molecule has 1 heterocycles. The average Bonchev–Trinajstić information content (AvgIpc) is 2.49. The molecule has 21 heavy (non-hydrogen) atoms. The highest BCUT2D eigenvalue weighted by Gasteiger charge is 2.23. The molecule has 2 atom stereocenters. The first-order valence-electron chi connectivity index (χ1n) is 7.79. The molecule has 0 radical (unpaired) electrons. The Kier molecular flexibility index (Phi) is 6.10. The van der Waals surface area contributed by atoms with Gasteiger partial charge in [0, 0.05) is 24.2 Å². The van der Waals surface area contributed by atoms with Gasteiger partial charge < -0.3 is 9.84 Å². The fourth-order valence-electron chi connectivity index (χ4n) is 2.99. The predicted molar refractivity (Wildman–Crippen MR) is 85.4 cm³/mol. The Labute approximate surface area is 127 Å². The molecule has 0 aromatic heterocycles. The molecule has 0 saturated carbocycles. The zero-order valence-electron chi connectivity index (χ0n) is 13.0. The van der Waals surface area contributed by atoms with Gasteiger partial charge in [-0.25, -0.2) is 0 Å². The SMILES string of the molecule is C[C@@H]1CCC[C@H](C)N1CCOc1cccc(C#CCO)c1. The van der Waals surface area contributed by atoms with Crippen LogP contribution in [0.5, 0.6) is 5.75 Å². The van der Waals surface area contributed by atoms with Crippen LogP contribution in [0.3, 0.4) is 0 Å². The molecule has 0 spiro atoms. The van der Waals surface area contributed by atoms with Crippen molar-refractivity contribution in [3.05, 3.63) is 29.8 Å². The van der Waals surface area contributed by atoms with Crippen LogP contribution in [0.1, 0.15) is 38.7 Å². The number of benzene rings is 1. The minimum Gasteiger partial charge on any atom is -0.492 e. The maximum absolute atomic E-state index is 8.72. The van der Waals surface area contributed by atoms with E-state index in [1.807, 2.05) is 24.3 Å². The molecule has 1 aromatic carbocycles. The van der Waals surface area contributed by atoms with E-state index in [4.69, 9.17) is 9.84 Å². The molecule has 1 saturated heterocycles. The highest BCUT2D eigenvalue weighted by atomic mass is 16.5. The van der Waals surface area contributed by atoms with E-state index in [2.05, 4.69) is 30.6 Å². The Morgan fingerprint density at radius 3 is 2.76 bits per heavy atom. The van der Waals surface area contributed by atoms with Crippen molar-refractivity contribution in [1.82, 2.24) is 4.90 Å². The van der Waals surface area contributed by atoms with E-state index in [1.54, 1.807) is 0 Å². The summed E-state index contributed by atoms with van der Waals surface area (Å²) < 4.78 is 5.85. The molecular formula is C18H25NO2. The summed E-state index contributed by atoms with van der Waals surface area (Å²) in [6, 6.07) is 9.03. The molecule has 3 nitrogen and oxygen atoms in total. The summed E-state index contributed by atoms with van der Waals surface area (Å²) in [5, 5.41) is 8.72. The highest BCUT2D eigenvalue weighted by Crippen LogP contribution is 2.22. The van der Waals surface area contributed by atoms with Gasteiger partial charge in [0.15, 0.2) is 0 Å². The molecule has 0 bridgehead atoms. The van der Waals surface area contributed by atoms with Gasteiger partial charge in [-0.1, -0.05) is 24.3 Å². The van der Waals surface area contributed by atoms with Crippen molar-refractivity contribution in [2.24, 2.45) is 0 Å². The van der Waals surface area contributed by atoms with Crippen LogP contribution in [0.25, 0.3) is 0 Å². The second-order valence-electron chi connectivity index (χ2n) is 5.70. The second kappa shape index (κ2) is 8.07. The van der Waals surface area contributed by atoms with Gasteiger partial charge in [-0.3, -0.25) is 4.90 Å². The molecule has 1 aliphatic heterocycles. The van der Waals surface area contributed by atoms with Crippen LogP contribution in [0.2, 0.25) is 0 Å². The maximum atomic E-state index is 8.72. The van der Waals surface area contributed by atoms with Gasteiger partial charge in [0.2, 0.25) is 0 Å². The van der Waals surface area contributed by atoms with Crippen LogP contribution < -0.4 is 4.74 Å². The molecule has 1 fully saturated rings. The van der Waals surface area contributed by atoms with Crippen LogP contribution in [-0.4, -0.2) is 41.8 Å². The number of aliphatic hydroxyl groups excluding tert-OH is 1. The lowest BCUT2D eigenvalue weighted by Crippen LogP contribution is -2.45. The normalized spacial score (nSPS) is 22.4. The largest absolute Gasteiger partial charge is 0.492 e. The van der Waals surface area contributed by atoms with E-state index in [9.17, 15) is 0 Å². The van der Waals surface area contributed by atoms with E-state index in [1.165, 1.54) is 19.3 Å². The van der Waals surface area contributed by atoms with Crippen molar-refractivity contribution in [2.45, 2.75) is 45.2 Å². The lowest BCUT2D eigenvalue weighted by atomic mass is 9.98. The molecular weight excluding hydrogens is 262 g/mol. The van der Waals surface area contributed by atoms with Crippen molar-refractivity contribution in [3.8, 4) is 17.6 Å². The maximum Gasteiger partial charge on any atom is 0.120 e. The number of hydrogen-bond donors (Lipinski definition) is 1. The number of nitrogens with zero attached hydrogens (tertiary/aromatic N) is 1. The quantitative estimate of drug-likeness (QED) is 0.864. The number of aliphatic hydroxyl groups is 1. The van der Waals surface area contributed by atoms with Crippen molar-refractivity contribution in [3.63, 3.8) is 0 Å². The van der Waals surface area contributed by atoms with Crippen molar-refractivity contribution < 1.29 is 9.84 Å². The third kappa shape index (κ3) is 4.77. The summed E-state index contributed by atoms with van der Waals surface area (Å²) in [6.07, 6.45) is 3.92. The number of rotatable bonds is 4. The van der Waals surface area contributed by atoms with Crippen LogP contribution in [0.4, 0.5) is 0 Å². The molecule has 1 aliphatic rings. The third-order valence-electron chi connectivity index (χ3n) is 4.14. The van der Waals surface area contributed by atoms with Gasteiger partial charge in [0.25, 0.3) is 0 Å². The molecule has 3 heteroatoms. The van der Waals surface area contributed by atoms with Gasteiger partial charge in [-0.2, -0.15) is 0 Å². The van der Waals surface area contributed by atoms with Crippen molar-refractivity contribution >= 4 is 0 Å². The zero-order chi connectivity index (χ0) is 15.1. The van der Waals surface area contributed by atoms with E-state index in [-0.39, 0.29) is 6.61 Å². The fourth-order valence-corrected chi connectivity index (χ4v) is 2.99. The van der Waals surface area contributed by atoms with Crippen LogP contribution in [0.15, 0.2) is 24.3 Å². The highest BCUT2D eigenvalue weighted by molar-refractivity contribution is 5.39.